The Hall–Kier alpha value is -3.87. The van der Waals surface area contributed by atoms with Crippen LogP contribution < -0.4 is 5.32 Å². The van der Waals surface area contributed by atoms with E-state index in [9.17, 15) is 35.5 Å². The fourth-order valence-corrected chi connectivity index (χ4v) is 3.76. The molecule has 0 aliphatic carbocycles. The number of halogens is 8. The fraction of sp³-hybridized carbons (Fsp3) is 0.136. The molecule has 6 nitrogen and oxygen atoms in total. The van der Waals surface area contributed by atoms with E-state index in [0.29, 0.717) is 12.3 Å². The van der Waals surface area contributed by atoms with Gasteiger partial charge in [0.25, 0.3) is 12.3 Å². The molecule has 0 saturated carbocycles. The van der Waals surface area contributed by atoms with Crippen molar-refractivity contribution in [2.75, 3.05) is 5.32 Å². The number of benzene rings is 2. The molecule has 0 unspecified atom stereocenters. The quantitative estimate of drug-likeness (QED) is 0.303. The standard InChI is InChI=1S/C22H13ClF7N5O/c1-34-9-14(17(33-34)20(26)27)21(36)32-16-8-31-35(19(16)22(28,29)30)18-13(6-12(24)7-15(18)25)10-3-2-4-11(23)5-10/h2-9,20H,1H3,(H,32,36). The van der Waals surface area contributed by atoms with Crippen LogP contribution in [0.2, 0.25) is 5.02 Å². The monoisotopic (exact) mass is 531 g/mol. The summed E-state index contributed by atoms with van der Waals surface area (Å²) in [6.07, 6.45) is -6.91. The highest BCUT2D eigenvalue weighted by molar-refractivity contribution is 6.30. The number of rotatable bonds is 5. The maximum Gasteiger partial charge on any atom is 0.435 e. The Bertz CT molecular complexity index is 1460. The van der Waals surface area contributed by atoms with Crippen molar-refractivity contribution in [1.82, 2.24) is 19.6 Å². The molecular formula is C22H13ClF7N5O. The number of nitrogens with zero attached hydrogens (tertiary/aromatic N) is 4. The number of anilines is 1. The Kier molecular flexibility index (Phi) is 6.52. The maximum absolute atomic E-state index is 14.9. The van der Waals surface area contributed by atoms with Gasteiger partial charge in [0.2, 0.25) is 0 Å². The number of aromatic nitrogens is 4. The highest BCUT2D eigenvalue weighted by atomic mass is 35.5. The maximum atomic E-state index is 14.9. The lowest BCUT2D eigenvalue weighted by Gasteiger charge is -2.17. The van der Waals surface area contributed by atoms with Gasteiger partial charge >= 0.3 is 6.18 Å². The van der Waals surface area contributed by atoms with Crippen LogP contribution in [0.4, 0.5) is 36.4 Å². The second-order valence-electron chi connectivity index (χ2n) is 7.47. The van der Waals surface area contributed by atoms with E-state index in [-0.39, 0.29) is 20.8 Å². The molecule has 2 heterocycles. The van der Waals surface area contributed by atoms with Gasteiger partial charge in [-0.3, -0.25) is 9.48 Å². The van der Waals surface area contributed by atoms with E-state index < -0.39 is 58.5 Å². The van der Waals surface area contributed by atoms with Crippen LogP contribution in [0.1, 0.15) is 28.2 Å². The fourth-order valence-electron chi connectivity index (χ4n) is 3.57. The zero-order valence-electron chi connectivity index (χ0n) is 17.9. The molecule has 1 N–H and O–H groups in total. The minimum atomic E-state index is -5.22. The average molecular weight is 532 g/mol. The molecule has 14 heteroatoms. The van der Waals surface area contributed by atoms with Gasteiger partial charge in [0.1, 0.15) is 17.2 Å². The lowest BCUT2D eigenvalue weighted by atomic mass is 10.0. The summed E-state index contributed by atoms with van der Waals surface area (Å²) in [5.41, 5.74) is -5.19. The Balaban J connectivity index is 1.88. The molecule has 188 valence electrons. The van der Waals surface area contributed by atoms with Crippen LogP contribution in [0.5, 0.6) is 0 Å². The summed E-state index contributed by atoms with van der Waals surface area (Å²) in [6, 6.07) is 6.71. The normalized spacial score (nSPS) is 11.8. The number of aryl methyl sites for hydroxylation is 1. The Morgan fingerprint density at radius 2 is 1.86 bits per heavy atom. The molecule has 2 aromatic carbocycles. The largest absolute Gasteiger partial charge is 0.435 e. The molecule has 36 heavy (non-hydrogen) atoms. The molecule has 0 radical (unpaired) electrons. The second-order valence-corrected chi connectivity index (χ2v) is 7.90. The van der Waals surface area contributed by atoms with Gasteiger partial charge in [-0.25, -0.2) is 22.2 Å². The predicted molar refractivity (Wildman–Crippen MR) is 115 cm³/mol. The van der Waals surface area contributed by atoms with E-state index in [1.165, 1.54) is 31.3 Å². The number of alkyl halides is 5. The minimum Gasteiger partial charge on any atom is -0.319 e. The summed E-state index contributed by atoms with van der Waals surface area (Å²) >= 11 is 5.94. The van der Waals surface area contributed by atoms with Crippen molar-refractivity contribution in [2.24, 2.45) is 7.05 Å². The molecule has 4 rings (SSSR count). The van der Waals surface area contributed by atoms with Gasteiger partial charge in [-0.2, -0.15) is 23.4 Å². The van der Waals surface area contributed by atoms with Crippen LogP contribution in [0.15, 0.2) is 48.8 Å². The van der Waals surface area contributed by atoms with Crippen molar-refractivity contribution in [3.8, 4) is 16.8 Å². The van der Waals surface area contributed by atoms with Gasteiger partial charge in [0.15, 0.2) is 11.5 Å². The van der Waals surface area contributed by atoms with Crippen molar-refractivity contribution in [2.45, 2.75) is 12.6 Å². The van der Waals surface area contributed by atoms with E-state index in [1.807, 2.05) is 5.32 Å². The first kappa shape index (κ1) is 25.2. The van der Waals surface area contributed by atoms with Gasteiger partial charge in [0, 0.05) is 29.9 Å². The number of hydrogen-bond donors (Lipinski definition) is 1. The SMILES string of the molecule is Cn1cc(C(=O)Nc2cnn(-c3c(F)cc(F)cc3-c3cccc(Cl)c3)c2C(F)(F)F)c(C(F)F)n1. The van der Waals surface area contributed by atoms with Crippen molar-refractivity contribution >= 4 is 23.2 Å². The minimum absolute atomic E-state index is 0.0852. The highest BCUT2D eigenvalue weighted by Gasteiger charge is 2.41. The van der Waals surface area contributed by atoms with Crippen LogP contribution in [0.3, 0.4) is 0 Å². The van der Waals surface area contributed by atoms with Crippen LogP contribution >= 0.6 is 11.6 Å². The number of nitrogens with one attached hydrogen (secondary N) is 1. The van der Waals surface area contributed by atoms with E-state index in [1.54, 1.807) is 0 Å². The molecular weight excluding hydrogens is 519 g/mol. The zero-order valence-corrected chi connectivity index (χ0v) is 18.7. The first-order chi connectivity index (χ1) is 16.9. The summed E-state index contributed by atoms with van der Waals surface area (Å²) in [6.45, 7) is 0. The van der Waals surface area contributed by atoms with Gasteiger partial charge in [-0.15, -0.1) is 0 Å². The number of hydrogen-bond acceptors (Lipinski definition) is 3. The van der Waals surface area contributed by atoms with Crippen LogP contribution in [0, 0.1) is 11.6 Å². The van der Waals surface area contributed by atoms with Gasteiger partial charge in [-0.1, -0.05) is 23.7 Å². The zero-order chi connectivity index (χ0) is 26.4. The smallest absolute Gasteiger partial charge is 0.319 e. The molecule has 0 fully saturated rings. The van der Waals surface area contributed by atoms with Crippen LogP contribution in [-0.4, -0.2) is 25.5 Å². The third kappa shape index (κ3) is 4.78. The third-order valence-corrected chi connectivity index (χ3v) is 5.21. The first-order valence-corrected chi connectivity index (χ1v) is 10.3. The molecule has 1 amide bonds. The van der Waals surface area contributed by atoms with Gasteiger partial charge < -0.3 is 5.32 Å². The summed E-state index contributed by atoms with van der Waals surface area (Å²) in [5.74, 6) is -3.78. The second kappa shape index (κ2) is 9.30. The molecule has 0 aliphatic rings. The summed E-state index contributed by atoms with van der Waals surface area (Å²) < 4.78 is 98.9. The van der Waals surface area contributed by atoms with Crippen molar-refractivity contribution in [3.05, 3.63) is 82.4 Å². The third-order valence-electron chi connectivity index (χ3n) is 4.97. The molecule has 4 aromatic rings. The first-order valence-electron chi connectivity index (χ1n) is 9.90. The molecule has 0 saturated heterocycles. The summed E-state index contributed by atoms with van der Waals surface area (Å²) in [5, 5.41) is 9.05. The summed E-state index contributed by atoms with van der Waals surface area (Å²) in [7, 11) is 1.25. The Morgan fingerprint density at radius 1 is 1.14 bits per heavy atom. The van der Waals surface area contributed by atoms with E-state index in [0.717, 1.165) is 16.9 Å². The number of amides is 1. The number of carbonyl (C=O) groups excluding carboxylic acids is 1. The van der Waals surface area contributed by atoms with Crippen molar-refractivity contribution in [3.63, 3.8) is 0 Å². The molecule has 0 spiro atoms. The topological polar surface area (TPSA) is 64.7 Å². The van der Waals surface area contributed by atoms with E-state index in [2.05, 4.69) is 10.2 Å². The lowest BCUT2D eigenvalue weighted by molar-refractivity contribution is -0.142. The van der Waals surface area contributed by atoms with Crippen molar-refractivity contribution < 1.29 is 35.5 Å². The summed E-state index contributed by atoms with van der Waals surface area (Å²) in [4.78, 5) is 12.6. The van der Waals surface area contributed by atoms with Gasteiger partial charge in [-0.05, 0) is 23.8 Å². The molecule has 0 bridgehead atoms. The van der Waals surface area contributed by atoms with Gasteiger partial charge in [0.05, 0.1) is 17.4 Å². The Morgan fingerprint density at radius 3 is 2.50 bits per heavy atom. The Labute approximate surface area is 202 Å². The molecule has 2 aromatic heterocycles. The van der Waals surface area contributed by atoms with E-state index in [4.69, 9.17) is 11.6 Å². The number of carbonyl (C=O) groups is 1. The molecule has 0 atom stereocenters. The van der Waals surface area contributed by atoms with Crippen LogP contribution in [-0.2, 0) is 13.2 Å². The average Bonchev–Trinajstić information content (AvgIpc) is 3.37. The predicted octanol–water partition coefficient (Wildman–Crippen LogP) is 6.41. The van der Waals surface area contributed by atoms with Crippen LogP contribution in [0.25, 0.3) is 16.8 Å². The highest BCUT2D eigenvalue weighted by Crippen LogP contribution is 2.40. The van der Waals surface area contributed by atoms with Crippen molar-refractivity contribution in [1.29, 1.82) is 0 Å². The lowest BCUT2D eigenvalue weighted by Crippen LogP contribution is -2.20. The van der Waals surface area contributed by atoms with E-state index >= 15 is 0 Å². The molecule has 0 aliphatic heterocycles.